The van der Waals surface area contributed by atoms with Crippen LogP contribution in [0.3, 0.4) is 0 Å². The molecule has 0 aliphatic carbocycles. The van der Waals surface area contributed by atoms with Gasteiger partial charge in [-0.15, -0.1) is 5.10 Å². The molecule has 118 valence electrons. The number of hydrogen-bond donors (Lipinski definition) is 1. The van der Waals surface area contributed by atoms with E-state index in [0.29, 0.717) is 37.4 Å². The molecule has 8 nitrogen and oxygen atoms in total. The number of benzene rings is 1. The molecule has 1 aromatic carbocycles. The van der Waals surface area contributed by atoms with Crippen LogP contribution in [0.2, 0.25) is 0 Å². The standard InChI is InChI=1S/C15H15N5O3/c1-20-11(4-5-17-20)9-16-15-19-18-14(23-15)10-2-3-12-13(8-10)22-7-6-21-12/h2-5,8H,6-7,9H2,1H3,(H,16,19). The normalized spacial score (nSPS) is 13.1. The Hall–Kier alpha value is -3.03. The van der Waals surface area contributed by atoms with Crippen LogP contribution in [0.5, 0.6) is 11.5 Å². The molecular weight excluding hydrogens is 298 g/mol. The quantitative estimate of drug-likeness (QED) is 0.786. The second-order valence-electron chi connectivity index (χ2n) is 5.07. The molecule has 4 rings (SSSR count). The summed E-state index contributed by atoms with van der Waals surface area (Å²) in [6, 6.07) is 7.83. The van der Waals surface area contributed by atoms with Gasteiger partial charge in [0.05, 0.1) is 12.2 Å². The number of nitrogens with zero attached hydrogens (tertiary/aromatic N) is 4. The molecular formula is C15H15N5O3. The van der Waals surface area contributed by atoms with Crippen molar-refractivity contribution in [1.29, 1.82) is 0 Å². The molecule has 0 amide bonds. The second kappa shape index (κ2) is 5.64. The summed E-state index contributed by atoms with van der Waals surface area (Å²) in [5, 5.41) is 15.3. The minimum Gasteiger partial charge on any atom is -0.486 e. The van der Waals surface area contributed by atoms with Gasteiger partial charge in [0.15, 0.2) is 11.5 Å². The summed E-state index contributed by atoms with van der Waals surface area (Å²) in [5.41, 5.74) is 1.81. The van der Waals surface area contributed by atoms with E-state index < -0.39 is 0 Å². The molecule has 3 heterocycles. The highest BCUT2D eigenvalue weighted by molar-refractivity contribution is 5.60. The van der Waals surface area contributed by atoms with Gasteiger partial charge in [-0.1, -0.05) is 5.10 Å². The molecule has 0 bridgehead atoms. The number of rotatable bonds is 4. The smallest absolute Gasteiger partial charge is 0.316 e. The Morgan fingerprint density at radius 1 is 1.13 bits per heavy atom. The molecule has 0 spiro atoms. The Morgan fingerprint density at radius 3 is 2.83 bits per heavy atom. The first-order valence-corrected chi connectivity index (χ1v) is 7.24. The van der Waals surface area contributed by atoms with Crippen LogP contribution in [-0.2, 0) is 13.6 Å². The van der Waals surface area contributed by atoms with E-state index in [1.54, 1.807) is 10.9 Å². The molecule has 0 saturated heterocycles. The maximum absolute atomic E-state index is 5.64. The molecule has 1 N–H and O–H groups in total. The molecule has 0 fully saturated rings. The lowest BCUT2D eigenvalue weighted by atomic mass is 10.2. The lowest BCUT2D eigenvalue weighted by molar-refractivity contribution is 0.171. The summed E-state index contributed by atoms with van der Waals surface area (Å²) < 4.78 is 18.5. The van der Waals surface area contributed by atoms with Crippen LogP contribution in [0.25, 0.3) is 11.5 Å². The van der Waals surface area contributed by atoms with Crippen LogP contribution in [0.4, 0.5) is 6.01 Å². The van der Waals surface area contributed by atoms with E-state index in [1.807, 2.05) is 31.3 Å². The van der Waals surface area contributed by atoms with Gasteiger partial charge in [0.25, 0.3) is 0 Å². The average molecular weight is 313 g/mol. The number of anilines is 1. The van der Waals surface area contributed by atoms with Crippen molar-refractivity contribution in [2.24, 2.45) is 7.05 Å². The fourth-order valence-corrected chi connectivity index (χ4v) is 2.33. The van der Waals surface area contributed by atoms with E-state index in [4.69, 9.17) is 13.9 Å². The minimum absolute atomic E-state index is 0.357. The number of ether oxygens (including phenoxy) is 2. The van der Waals surface area contributed by atoms with Gasteiger partial charge in [-0.25, -0.2) is 0 Å². The Morgan fingerprint density at radius 2 is 2.00 bits per heavy atom. The van der Waals surface area contributed by atoms with E-state index in [1.165, 1.54) is 0 Å². The Kier molecular flexibility index (Phi) is 3.34. The number of aromatic nitrogens is 4. The Balaban J connectivity index is 1.50. The highest BCUT2D eigenvalue weighted by Crippen LogP contribution is 2.34. The highest BCUT2D eigenvalue weighted by Gasteiger charge is 2.15. The second-order valence-corrected chi connectivity index (χ2v) is 5.07. The first-order chi connectivity index (χ1) is 11.3. The van der Waals surface area contributed by atoms with Crippen LogP contribution in [0, 0.1) is 0 Å². The summed E-state index contributed by atoms with van der Waals surface area (Å²) in [5.74, 6) is 1.85. The average Bonchev–Trinajstić information content (AvgIpc) is 3.21. The number of aryl methyl sites for hydroxylation is 1. The van der Waals surface area contributed by atoms with Gasteiger partial charge in [-0.05, 0) is 24.3 Å². The van der Waals surface area contributed by atoms with Crippen molar-refractivity contribution in [3.05, 3.63) is 36.2 Å². The summed E-state index contributed by atoms with van der Waals surface area (Å²) in [6.45, 7) is 1.66. The van der Waals surface area contributed by atoms with Crippen LogP contribution in [0.1, 0.15) is 5.69 Å². The monoisotopic (exact) mass is 313 g/mol. The first kappa shape index (κ1) is 13.6. The van der Waals surface area contributed by atoms with Crippen molar-refractivity contribution >= 4 is 6.01 Å². The van der Waals surface area contributed by atoms with Crippen molar-refractivity contribution in [3.8, 4) is 23.0 Å². The van der Waals surface area contributed by atoms with Gasteiger partial charge in [0.1, 0.15) is 13.2 Å². The summed E-state index contributed by atoms with van der Waals surface area (Å²) in [7, 11) is 1.88. The van der Waals surface area contributed by atoms with Crippen molar-refractivity contribution in [1.82, 2.24) is 20.0 Å². The third kappa shape index (κ3) is 2.70. The predicted molar refractivity (Wildman–Crippen MR) is 81.3 cm³/mol. The van der Waals surface area contributed by atoms with Crippen LogP contribution in [-0.4, -0.2) is 33.2 Å². The van der Waals surface area contributed by atoms with E-state index in [-0.39, 0.29) is 0 Å². The third-order valence-electron chi connectivity index (χ3n) is 3.56. The first-order valence-electron chi connectivity index (χ1n) is 7.24. The highest BCUT2D eigenvalue weighted by atomic mass is 16.6. The maximum atomic E-state index is 5.64. The Bertz CT molecular complexity index is 826. The number of fused-ring (bicyclic) bond motifs is 1. The van der Waals surface area contributed by atoms with E-state index in [2.05, 4.69) is 20.6 Å². The minimum atomic E-state index is 0.357. The molecule has 23 heavy (non-hydrogen) atoms. The fourth-order valence-electron chi connectivity index (χ4n) is 2.33. The predicted octanol–water partition coefficient (Wildman–Crippen LogP) is 1.85. The molecule has 1 aliphatic rings. The van der Waals surface area contributed by atoms with Crippen LogP contribution >= 0.6 is 0 Å². The van der Waals surface area contributed by atoms with E-state index in [9.17, 15) is 0 Å². The maximum Gasteiger partial charge on any atom is 0.316 e. The topological polar surface area (TPSA) is 87.2 Å². The van der Waals surface area contributed by atoms with Gasteiger partial charge in [-0.3, -0.25) is 4.68 Å². The third-order valence-corrected chi connectivity index (χ3v) is 3.56. The summed E-state index contributed by atoms with van der Waals surface area (Å²) in [4.78, 5) is 0. The van der Waals surface area contributed by atoms with E-state index >= 15 is 0 Å². The van der Waals surface area contributed by atoms with Crippen LogP contribution < -0.4 is 14.8 Å². The lowest BCUT2D eigenvalue weighted by Crippen LogP contribution is -2.15. The van der Waals surface area contributed by atoms with Gasteiger partial charge in [0, 0.05) is 18.8 Å². The van der Waals surface area contributed by atoms with Gasteiger partial charge in [0.2, 0.25) is 5.89 Å². The molecule has 3 aromatic rings. The van der Waals surface area contributed by atoms with Gasteiger partial charge >= 0.3 is 6.01 Å². The number of nitrogens with one attached hydrogen (secondary N) is 1. The SMILES string of the molecule is Cn1nccc1CNc1nnc(-c2ccc3c(c2)OCCO3)o1. The lowest BCUT2D eigenvalue weighted by Gasteiger charge is -2.18. The molecule has 1 aliphatic heterocycles. The zero-order chi connectivity index (χ0) is 15.6. The molecule has 2 aromatic heterocycles. The summed E-state index contributed by atoms with van der Waals surface area (Å²) >= 11 is 0. The van der Waals surface area contributed by atoms with Crippen molar-refractivity contribution in [2.45, 2.75) is 6.54 Å². The summed E-state index contributed by atoms with van der Waals surface area (Å²) in [6.07, 6.45) is 1.74. The van der Waals surface area contributed by atoms with Gasteiger partial charge in [-0.2, -0.15) is 5.10 Å². The van der Waals surface area contributed by atoms with Gasteiger partial charge < -0.3 is 19.2 Å². The van der Waals surface area contributed by atoms with E-state index in [0.717, 1.165) is 17.0 Å². The molecule has 0 atom stereocenters. The molecule has 0 unspecified atom stereocenters. The fraction of sp³-hybridized carbons (Fsp3) is 0.267. The number of hydrogen-bond acceptors (Lipinski definition) is 7. The Labute approximate surface area is 132 Å². The van der Waals surface area contributed by atoms with Crippen molar-refractivity contribution in [2.75, 3.05) is 18.5 Å². The van der Waals surface area contributed by atoms with Crippen molar-refractivity contribution < 1.29 is 13.9 Å². The molecule has 0 saturated carbocycles. The zero-order valence-corrected chi connectivity index (χ0v) is 12.5. The molecule has 0 radical (unpaired) electrons. The largest absolute Gasteiger partial charge is 0.486 e. The van der Waals surface area contributed by atoms with Crippen molar-refractivity contribution in [3.63, 3.8) is 0 Å². The van der Waals surface area contributed by atoms with Crippen LogP contribution in [0.15, 0.2) is 34.9 Å². The molecule has 8 heteroatoms. The zero-order valence-electron chi connectivity index (χ0n) is 12.5.